The van der Waals surface area contributed by atoms with Crippen LogP contribution in [-0.4, -0.2) is 40.8 Å². The van der Waals surface area contributed by atoms with Crippen molar-refractivity contribution >= 4 is 40.1 Å². The van der Waals surface area contributed by atoms with Gasteiger partial charge in [0.25, 0.3) is 0 Å². The van der Waals surface area contributed by atoms with Gasteiger partial charge in [0.05, 0.1) is 12.8 Å². The van der Waals surface area contributed by atoms with Crippen LogP contribution < -0.4 is 10.1 Å². The molecule has 1 heterocycles. The zero-order valence-electron chi connectivity index (χ0n) is 22.3. The maximum Gasteiger partial charge on any atom is 0.238 e. The first-order chi connectivity index (χ1) is 19.6. The standard InChI is InChI=1S/C33H31N3O3S/c1-39-28-19-17-27(18-20-28)35-33-36(31(37)23-30(40-33)32(38)34-26-15-9-4-10-16-26)22-21-29(24-11-5-2-6-12-24)25-13-7-3-8-14-25/h2-20,29-30H,21-23H2,1H3,(H,34,38)/t30-/m1/s1. The molecular formula is C33H31N3O3S. The molecule has 1 N–H and O–H groups in total. The van der Waals surface area contributed by atoms with Crippen molar-refractivity contribution in [2.75, 3.05) is 19.0 Å². The zero-order chi connectivity index (χ0) is 27.7. The number of nitrogens with one attached hydrogen (secondary N) is 1. The molecule has 1 aliphatic heterocycles. The molecular weight excluding hydrogens is 518 g/mol. The number of rotatable bonds is 9. The lowest BCUT2D eigenvalue weighted by molar-refractivity contribution is -0.129. The minimum absolute atomic E-state index is 0.103. The topological polar surface area (TPSA) is 71.0 Å². The summed E-state index contributed by atoms with van der Waals surface area (Å²) in [6, 6.07) is 37.3. The summed E-state index contributed by atoms with van der Waals surface area (Å²) in [6.45, 7) is 0.475. The number of hydrogen-bond donors (Lipinski definition) is 1. The van der Waals surface area contributed by atoms with Gasteiger partial charge in [0.2, 0.25) is 11.8 Å². The molecule has 1 aliphatic rings. The normalized spacial score (nSPS) is 16.2. The molecule has 6 nitrogen and oxygen atoms in total. The third-order valence-electron chi connectivity index (χ3n) is 6.82. The van der Waals surface area contributed by atoms with Crippen LogP contribution in [0, 0.1) is 0 Å². The molecule has 4 aromatic rings. The third kappa shape index (κ3) is 6.79. The van der Waals surface area contributed by atoms with Gasteiger partial charge in [-0.15, -0.1) is 0 Å². The molecule has 4 aromatic carbocycles. The smallest absolute Gasteiger partial charge is 0.238 e. The summed E-state index contributed by atoms with van der Waals surface area (Å²) in [4.78, 5) is 33.3. The predicted octanol–water partition coefficient (Wildman–Crippen LogP) is 6.88. The number of amidine groups is 1. The Hall–Kier alpha value is -4.36. The molecule has 0 spiro atoms. The number of ether oxygens (including phenoxy) is 1. The van der Waals surface area contributed by atoms with Gasteiger partial charge in [-0.05, 0) is 53.9 Å². The van der Waals surface area contributed by atoms with E-state index < -0.39 is 5.25 Å². The van der Waals surface area contributed by atoms with Gasteiger partial charge >= 0.3 is 0 Å². The highest BCUT2D eigenvalue weighted by atomic mass is 32.2. The second-order valence-electron chi connectivity index (χ2n) is 9.47. The summed E-state index contributed by atoms with van der Waals surface area (Å²) in [5.41, 5.74) is 3.78. The van der Waals surface area contributed by atoms with E-state index in [1.165, 1.54) is 22.9 Å². The van der Waals surface area contributed by atoms with Crippen LogP contribution >= 0.6 is 11.8 Å². The Kier molecular flexibility index (Phi) is 8.93. The number of hydrogen-bond acceptors (Lipinski definition) is 5. The fraction of sp³-hybridized carbons (Fsp3) is 0.182. The van der Waals surface area contributed by atoms with Crippen molar-refractivity contribution in [3.63, 3.8) is 0 Å². The molecule has 0 bridgehead atoms. The number of carbonyl (C=O) groups excluding carboxylic acids is 2. The van der Waals surface area contributed by atoms with Crippen LogP contribution in [-0.2, 0) is 9.59 Å². The number of amides is 2. The quantitative estimate of drug-likeness (QED) is 0.247. The summed E-state index contributed by atoms with van der Waals surface area (Å²) in [7, 11) is 1.62. The minimum Gasteiger partial charge on any atom is -0.497 e. The highest BCUT2D eigenvalue weighted by Gasteiger charge is 2.36. The van der Waals surface area contributed by atoms with Gasteiger partial charge in [0.15, 0.2) is 5.17 Å². The number of para-hydroxylation sites is 1. The number of carbonyl (C=O) groups is 2. The van der Waals surface area contributed by atoms with Gasteiger partial charge in [-0.1, -0.05) is 90.6 Å². The van der Waals surface area contributed by atoms with E-state index in [4.69, 9.17) is 9.73 Å². The van der Waals surface area contributed by atoms with Crippen molar-refractivity contribution in [1.82, 2.24) is 4.90 Å². The van der Waals surface area contributed by atoms with E-state index in [0.29, 0.717) is 29.5 Å². The van der Waals surface area contributed by atoms with Gasteiger partial charge in [0.1, 0.15) is 11.0 Å². The van der Waals surface area contributed by atoms with Gasteiger partial charge in [-0.2, -0.15) is 0 Å². The van der Waals surface area contributed by atoms with Crippen LogP contribution in [0.1, 0.15) is 29.9 Å². The predicted molar refractivity (Wildman–Crippen MR) is 162 cm³/mol. The van der Waals surface area contributed by atoms with Crippen LogP contribution in [0.15, 0.2) is 120 Å². The van der Waals surface area contributed by atoms with Gasteiger partial charge < -0.3 is 10.1 Å². The molecule has 0 radical (unpaired) electrons. The van der Waals surface area contributed by atoms with Crippen LogP contribution in [0.5, 0.6) is 5.75 Å². The summed E-state index contributed by atoms with van der Waals surface area (Å²) in [5.74, 6) is 0.514. The van der Waals surface area contributed by atoms with E-state index >= 15 is 0 Å². The second-order valence-corrected chi connectivity index (χ2v) is 10.6. The minimum atomic E-state index is -0.583. The largest absolute Gasteiger partial charge is 0.497 e. The maximum absolute atomic E-state index is 13.6. The van der Waals surface area contributed by atoms with Gasteiger partial charge in [0, 0.05) is 24.6 Å². The molecule has 40 heavy (non-hydrogen) atoms. The van der Waals surface area contributed by atoms with Gasteiger partial charge in [-0.25, -0.2) is 4.99 Å². The van der Waals surface area contributed by atoms with E-state index in [0.717, 1.165) is 5.75 Å². The fourth-order valence-corrected chi connectivity index (χ4v) is 5.85. The molecule has 7 heteroatoms. The molecule has 202 valence electrons. The van der Waals surface area contributed by atoms with Crippen molar-refractivity contribution in [2.24, 2.45) is 4.99 Å². The Morgan fingerprint density at radius 2 is 1.48 bits per heavy atom. The summed E-state index contributed by atoms with van der Waals surface area (Å²) >= 11 is 1.33. The van der Waals surface area contributed by atoms with Gasteiger partial charge in [-0.3, -0.25) is 14.5 Å². The number of aliphatic imine (C=N–C) groups is 1. The number of thioether (sulfide) groups is 1. The second kappa shape index (κ2) is 13.1. The number of nitrogens with zero attached hydrogens (tertiary/aromatic N) is 2. The third-order valence-corrected chi connectivity index (χ3v) is 8.00. The molecule has 5 rings (SSSR count). The monoisotopic (exact) mass is 549 g/mol. The molecule has 0 aliphatic carbocycles. The zero-order valence-corrected chi connectivity index (χ0v) is 23.1. The van der Waals surface area contributed by atoms with Crippen LogP contribution in [0.3, 0.4) is 0 Å². The Balaban J connectivity index is 1.41. The highest BCUT2D eigenvalue weighted by Crippen LogP contribution is 2.33. The van der Waals surface area contributed by atoms with E-state index in [9.17, 15) is 9.59 Å². The average Bonchev–Trinajstić information content (AvgIpc) is 3.00. The van der Waals surface area contributed by atoms with Crippen LogP contribution in [0.25, 0.3) is 0 Å². The van der Waals surface area contributed by atoms with Crippen molar-refractivity contribution < 1.29 is 14.3 Å². The molecule has 0 saturated carbocycles. The van der Waals surface area contributed by atoms with Crippen LogP contribution in [0.2, 0.25) is 0 Å². The molecule has 1 atom stereocenters. The summed E-state index contributed by atoms with van der Waals surface area (Å²) < 4.78 is 5.28. The fourth-order valence-electron chi connectivity index (χ4n) is 4.73. The van der Waals surface area contributed by atoms with E-state index in [-0.39, 0.29) is 24.2 Å². The molecule has 2 amide bonds. The average molecular weight is 550 g/mol. The Morgan fingerprint density at radius 3 is 2.05 bits per heavy atom. The molecule has 0 unspecified atom stereocenters. The lowest BCUT2D eigenvalue weighted by Crippen LogP contribution is -2.45. The lowest BCUT2D eigenvalue weighted by atomic mass is 9.88. The molecule has 0 aromatic heterocycles. The summed E-state index contributed by atoms with van der Waals surface area (Å²) in [6.07, 6.45) is 0.815. The Bertz CT molecular complexity index is 1410. The first-order valence-corrected chi connectivity index (χ1v) is 14.1. The van der Waals surface area contributed by atoms with Crippen molar-refractivity contribution in [2.45, 2.75) is 24.0 Å². The Labute approximate surface area is 239 Å². The van der Waals surface area contributed by atoms with Crippen molar-refractivity contribution in [3.05, 3.63) is 126 Å². The van der Waals surface area contributed by atoms with Crippen molar-refractivity contribution in [1.29, 1.82) is 0 Å². The number of anilines is 1. The maximum atomic E-state index is 13.6. The first-order valence-electron chi connectivity index (χ1n) is 13.3. The SMILES string of the molecule is COc1ccc(N=C2S[C@@H](C(=O)Nc3ccccc3)CC(=O)N2CCC(c2ccccc2)c2ccccc2)cc1. The lowest BCUT2D eigenvalue weighted by Gasteiger charge is -2.33. The first kappa shape index (κ1) is 27.2. The highest BCUT2D eigenvalue weighted by molar-refractivity contribution is 8.15. The Morgan fingerprint density at radius 1 is 0.900 bits per heavy atom. The van der Waals surface area contributed by atoms with Crippen LogP contribution in [0.4, 0.5) is 11.4 Å². The van der Waals surface area contributed by atoms with E-state index in [1.54, 1.807) is 12.0 Å². The molecule has 1 saturated heterocycles. The van der Waals surface area contributed by atoms with E-state index in [2.05, 4.69) is 29.6 Å². The number of methoxy groups -OCH3 is 1. The number of benzene rings is 4. The van der Waals surface area contributed by atoms with E-state index in [1.807, 2.05) is 91.0 Å². The molecule has 1 fully saturated rings. The summed E-state index contributed by atoms with van der Waals surface area (Å²) in [5, 5.41) is 2.88. The van der Waals surface area contributed by atoms with Crippen molar-refractivity contribution in [3.8, 4) is 5.75 Å².